The van der Waals surface area contributed by atoms with E-state index in [0.29, 0.717) is 0 Å². The number of nitrogens with zero attached hydrogens (tertiary/aromatic N) is 2. The molecule has 68 valence electrons. The van der Waals surface area contributed by atoms with Crippen LogP contribution in [-0.4, -0.2) is 9.59 Å². The molecule has 0 bridgehead atoms. The lowest BCUT2D eigenvalue weighted by atomic mass is 10.5. The quantitative estimate of drug-likeness (QED) is 0.936. The molecule has 0 atom stereocenters. The van der Waals surface area contributed by atoms with Gasteiger partial charge in [-0.3, -0.25) is 0 Å². The molecule has 0 radical (unpaired) electrons. The number of anilines is 1. The van der Waals surface area contributed by atoms with E-state index in [9.17, 15) is 0 Å². The van der Waals surface area contributed by atoms with Gasteiger partial charge in [0, 0.05) is 26.3 Å². The summed E-state index contributed by atoms with van der Waals surface area (Å²) in [5.41, 5.74) is 0. The molecule has 0 spiro atoms. The Labute approximate surface area is 92.1 Å². The van der Waals surface area contributed by atoms with Crippen LogP contribution in [0.25, 0.3) is 0 Å². The van der Waals surface area contributed by atoms with Gasteiger partial charge in [0.1, 0.15) is 5.00 Å². The van der Waals surface area contributed by atoms with Crippen LogP contribution in [0.4, 0.5) is 5.00 Å². The first-order valence-electron chi connectivity index (χ1n) is 3.59. The molecule has 2 rings (SSSR count). The van der Waals surface area contributed by atoms with E-state index in [1.54, 1.807) is 17.5 Å². The largest absolute Gasteiger partial charge is 0.369 e. The van der Waals surface area contributed by atoms with Gasteiger partial charge in [0.15, 0.2) is 0 Å². The second-order valence-electron chi connectivity index (χ2n) is 2.37. The minimum absolute atomic E-state index is 0.833. The van der Waals surface area contributed by atoms with Crippen LogP contribution in [0.1, 0.15) is 4.88 Å². The molecule has 0 aliphatic heterocycles. The summed E-state index contributed by atoms with van der Waals surface area (Å²) in [6.45, 7) is 0.833. The molecular weight excluding hydrogens is 270 g/mol. The van der Waals surface area contributed by atoms with Crippen LogP contribution in [0.15, 0.2) is 22.1 Å². The van der Waals surface area contributed by atoms with Gasteiger partial charge in [-0.25, -0.2) is 0 Å². The van der Waals surface area contributed by atoms with E-state index in [2.05, 4.69) is 42.3 Å². The van der Waals surface area contributed by atoms with Crippen molar-refractivity contribution in [2.75, 3.05) is 5.32 Å². The molecular formula is C7H6BrN3S2. The number of rotatable bonds is 3. The van der Waals surface area contributed by atoms with Gasteiger partial charge in [0.2, 0.25) is 0 Å². The first-order chi connectivity index (χ1) is 6.34. The Kier molecular flexibility index (Phi) is 2.92. The number of halogens is 1. The Morgan fingerprint density at radius 1 is 1.54 bits per heavy atom. The molecule has 0 aromatic carbocycles. The molecule has 6 heteroatoms. The number of hydrogen-bond donors (Lipinski definition) is 1. The fourth-order valence-electron chi connectivity index (χ4n) is 0.866. The first kappa shape index (κ1) is 9.11. The summed E-state index contributed by atoms with van der Waals surface area (Å²) in [6.07, 6.45) is 1.73. The number of thiophene rings is 1. The van der Waals surface area contributed by atoms with E-state index in [4.69, 9.17) is 0 Å². The van der Waals surface area contributed by atoms with Crippen LogP contribution >= 0.6 is 38.8 Å². The fourth-order valence-corrected chi connectivity index (χ4v) is 2.67. The van der Waals surface area contributed by atoms with Gasteiger partial charge < -0.3 is 5.32 Å². The highest BCUT2D eigenvalue weighted by Gasteiger charge is 1.98. The molecule has 0 saturated heterocycles. The summed E-state index contributed by atoms with van der Waals surface area (Å²) in [4.78, 5) is 1.29. The van der Waals surface area contributed by atoms with E-state index < -0.39 is 0 Å². The second-order valence-corrected chi connectivity index (χ2v) is 5.06. The van der Waals surface area contributed by atoms with Gasteiger partial charge in [0.05, 0.1) is 12.7 Å². The maximum absolute atomic E-state index is 3.76. The van der Waals surface area contributed by atoms with Crippen molar-refractivity contribution >= 4 is 43.8 Å². The Morgan fingerprint density at radius 3 is 3.08 bits per heavy atom. The van der Waals surface area contributed by atoms with Crippen molar-refractivity contribution < 1.29 is 0 Å². The van der Waals surface area contributed by atoms with Crippen LogP contribution in [-0.2, 0) is 6.54 Å². The monoisotopic (exact) mass is 275 g/mol. The highest BCUT2D eigenvalue weighted by atomic mass is 79.9. The number of hydrogen-bond acceptors (Lipinski definition) is 5. The smallest absolute Gasteiger partial charge is 0.130 e. The highest BCUT2D eigenvalue weighted by molar-refractivity contribution is 9.10. The molecule has 0 saturated carbocycles. The number of aromatic nitrogens is 2. The van der Waals surface area contributed by atoms with Crippen molar-refractivity contribution in [3.8, 4) is 0 Å². The average molecular weight is 276 g/mol. The van der Waals surface area contributed by atoms with Gasteiger partial charge in [-0.15, -0.1) is 16.4 Å². The van der Waals surface area contributed by atoms with Gasteiger partial charge >= 0.3 is 0 Å². The lowest BCUT2D eigenvalue weighted by Crippen LogP contribution is -1.94. The van der Waals surface area contributed by atoms with Crippen molar-refractivity contribution in [3.63, 3.8) is 0 Å². The molecule has 3 nitrogen and oxygen atoms in total. The molecule has 13 heavy (non-hydrogen) atoms. The van der Waals surface area contributed by atoms with Crippen LogP contribution in [0.2, 0.25) is 0 Å². The Hall–Kier alpha value is -0.460. The highest BCUT2D eigenvalue weighted by Crippen LogP contribution is 2.21. The van der Waals surface area contributed by atoms with Crippen LogP contribution < -0.4 is 5.32 Å². The van der Waals surface area contributed by atoms with E-state index in [0.717, 1.165) is 16.0 Å². The molecule has 0 aliphatic rings. The summed E-state index contributed by atoms with van der Waals surface area (Å²) < 4.78 is 4.90. The zero-order valence-corrected chi connectivity index (χ0v) is 9.75. The topological polar surface area (TPSA) is 37.8 Å². The van der Waals surface area contributed by atoms with Gasteiger partial charge in [-0.2, -0.15) is 0 Å². The van der Waals surface area contributed by atoms with Crippen molar-refractivity contribution in [2.45, 2.75) is 6.54 Å². The summed E-state index contributed by atoms with van der Waals surface area (Å²) in [5.74, 6) is 0. The zero-order valence-electron chi connectivity index (χ0n) is 6.53. The SMILES string of the molecule is Brc1csc(CNc2cnns2)c1. The molecule has 2 heterocycles. The Bertz CT molecular complexity index is 371. The standard InChI is InChI=1S/C7H6BrN3S2/c8-5-1-6(12-4-5)2-9-7-3-10-11-13-7/h1,3-4,9H,2H2. The summed E-state index contributed by atoms with van der Waals surface area (Å²) in [7, 11) is 0. The predicted octanol–water partition coefficient (Wildman–Crippen LogP) is 2.97. The summed E-state index contributed by atoms with van der Waals surface area (Å²) in [5, 5.41) is 10.1. The van der Waals surface area contributed by atoms with Crippen LogP contribution in [0.3, 0.4) is 0 Å². The second kappa shape index (κ2) is 4.17. The molecule has 2 aromatic rings. The Morgan fingerprint density at radius 2 is 2.46 bits per heavy atom. The summed E-state index contributed by atoms with van der Waals surface area (Å²) >= 11 is 6.51. The normalized spacial score (nSPS) is 10.2. The molecule has 0 aliphatic carbocycles. The summed E-state index contributed by atoms with van der Waals surface area (Å²) in [6, 6.07) is 2.10. The van der Waals surface area contributed by atoms with E-state index >= 15 is 0 Å². The van der Waals surface area contributed by atoms with Crippen molar-refractivity contribution in [1.29, 1.82) is 0 Å². The van der Waals surface area contributed by atoms with Crippen molar-refractivity contribution in [2.24, 2.45) is 0 Å². The van der Waals surface area contributed by atoms with Gasteiger partial charge in [0.25, 0.3) is 0 Å². The third-order valence-electron chi connectivity index (χ3n) is 1.42. The van der Waals surface area contributed by atoms with Crippen LogP contribution in [0, 0.1) is 0 Å². The molecule has 0 fully saturated rings. The maximum Gasteiger partial charge on any atom is 0.130 e. The molecule has 1 N–H and O–H groups in total. The predicted molar refractivity (Wildman–Crippen MR) is 59.3 cm³/mol. The lowest BCUT2D eigenvalue weighted by molar-refractivity contribution is 1.14. The minimum Gasteiger partial charge on any atom is -0.369 e. The van der Waals surface area contributed by atoms with Crippen molar-refractivity contribution in [1.82, 2.24) is 9.59 Å². The van der Waals surface area contributed by atoms with Crippen LogP contribution in [0.5, 0.6) is 0 Å². The third kappa shape index (κ3) is 2.49. The van der Waals surface area contributed by atoms with E-state index in [-0.39, 0.29) is 0 Å². The number of nitrogens with one attached hydrogen (secondary N) is 1. The molecule has 2 aromatic heterocycles. The van der Waals surface area contributed by atoms with E-state index in [1.807, 2.05) is 0 Å². The van der Waals surface area contributed by atoms with E-state index in [1.165, 1.54) is 16.4 Å². The fraction of sp³-hybridized carbons (Fsp3) is 0.143. The minimum atomic E-state index is 0.833. The zero-order chi connectivity index (χ0) is 9.10. The first-order valence-corrected chi connectivity index (χ1v) is 6.03. The third-order valence-corrected chi connectivity index (χ3v) is 3.74. The average Bonchev–Trinajstić information content (AvgIpc) is 2.71. The van der Waals surface area contributed by atoms with Crippen molar-refractivity contribution in [3.05, 3.63) is 27.0 Å². The molecule has 0 amide bonds. The maximum atomic E-state index is 3.76. The molecule has 0 unspecified atom stereocenters. The van der Waals surface area contributed by atoms with Gasteiger partial charge in [-0.1, -0.05) is 4.49 Å². The Balaban J connectivity index is 1.93. The lowest BCUT2D eigenvalue weighted by Gasteiger charge is -1.97. The van der Waals surface area contributed by atoms with Gasteiger partial charge in [-0.05, 0) is 22.0 Å².